The third-order valence-corrected chi connectivity index (χ3v) is 2.54. The molecule has 3 N–H and O–H groups in total. The van der Waals surface area contributed by atoms with Gasteiger partial charge in [-0.15, -0.1) is 0 Å². The molecular formula is C12H13N5O2. The van der Waals surface area contributed by atoms with Crippen LogP contribution < -0.4 is 11.1 Å². The number of aromatic nitrogens is 2. The first-order valence-electron chi connectivity index (χ1n) is 5.70. The van der Waals surface area contributed by atoms with E-state index < -0.39 is 4.92 Å². The number of hydrogen-bond acceptors (Lipinski definition) is 6. The van der Waals surface area contributed by atoms with Crippen molar-refractivity contribution < 1.29 is 4.92 Å². The second kappa shape index (κ2) is 5.76. The highest BCUT2D eigenvalue weighted by Crippen LogP contribution is 2.20. The van der Waals surface area contributed by atoms with Crippen molar-refractivity contribution in [3.05, 3.63) is 52.3 Å². The number of nitrogens with two attached hydrogens (primary N) is 1. The van der Waals surface area contributed by atoms with E-state index in [1.54, 1.807) is 12.4 Å². The van der Waals surface area contributed by atoms with E-state index in [2.05, 4.69) is 15.3 Å². The molecule has 19 heavy (non-hydrogen) atoms. The van der Waals surface area contributed by atoms with Gasteiger partial charge in [0.1, 0.15) is 5.82 Å². The Morgan fingerprint density at radius 3 is 2.84 bits per heavy atom. The van der Waals surface area contributed by atoms with Crippen molar-refractivity contribution in [3.8, 4) is 0 Å². The van der Waals surface area contributed by atoms with Crippen LogP contribution in [0.1, 0.15) is 5.56 Å². The molecule has 0 aliphatic rings. The zero-order valence-corrected chi connectivity index (χ0v) is 10.1. The molecule has 0 amide bonds. The van der Waals surface area contributed by atoms with Crippen LogP contribution in [0.2, 0.25) is 0 Å². The number of nitro groups is 1. The van der Waals surface area contributed by atoms with Crippen molar-refractivity contribution >= 4 is 17.3 Å². The Morgan fingerprint density at radius 2 is 2.21 bits per heavy atom. The van der Waals surface area contributed by atoms with Crippen LogP contribution in [-0.4, -0.2) is 21.4 Å². The summed E-state index contributed by atoms with van der Waals surface area (Å²) in [5.41, 5.74) is 6.42. The molecule has 0 spiro atoms. The molecule has 7 nitrogen and oxygen atoms in total. The predicted molar refractivity (Wildman–Crippen MR) is 71.7 cm³/mol. The minimum Gasteiger partial charge on any atom is -0.378 e. The van der Waals surface area contributed by atoms with E-state index in [0.29, 0.717) is 12.4 Å². The number of nitrogen functional groups attached to an aromatic ring is 1. The first-order chi connectivity index (χ1) is 9.16. The van der Waals surface area contributed by atoms with Gasteiger partial charge in [-0.3, -0.25) is 15.1 Å². The van der Waals surface area contributed by atoms with Crippen LogP contribution >= 0.6 is 0 Å². The molecule has 2 aromatic rings. The highest BCUT2D eigenvalue weighted by Gasteiger charge is 2.12. The zero-order chi connectivity index (χ0) is 13.7. The highest BCUT2D eigenvalue weighted by molar-refractivity contribution is 5.57. The largest absolute Gasteiger partial charge is 0.378 e. The van der Waals surface area contributed by atoms with E-state index in [1.165, 1.54) is 12.1 Å². The summed E-state index contributed by atoms with van der Waals surface area (Å²) in [6, 6.07) is 6.73. The lowest BCUT2D eigenvalue weighted by Gasteiger charge is -2.06. The molecule has 0 fully saturated rings. The molecule has 0 aliphatic carbocycles. The number of nitrogens with zero attached hydrogens (tertiary/aromatic N) is 3. The molecule has 2 heterocycles. The van der Waals surface area contributed by atoms with Crippen molar-refractivity contribution in [1.82, 2.24) is 9.97 Å². The van der Waals surface area contributed by atoms with Gasteiger partial charge in [0.25, 0.3) is 0 Å². The summed E-state index contributed by atoms with van der Waals surface area (Å²) < 4.78 is 0. The minimum atomic E-state index is -0.554. The first-order valence-corrected chi connectivity index (χ1v) is 5.70. The summed E-state index contributed by atoms with van der Waals surface area (Å²) in [6.45, 7) is 0.649. The lowest BCUT2D eigenvalue weighted by Crippen LogP contribution is -2.08. The number of pyridine rings is 2. The summed E-state index contributed by atoms with van der Waals surface area (Å²) >= 11 is 0. The molecular weight excluding hydrogens is 246 g/mol. The summed E-state index contributed by atoms with van der Waals surface area (Å²) in [7, 11) is 0. The molecule has 7 heteroatoms. The van der Waals surface area contributed by atoms with Gasteiger partial charge in [-0.1, -0.05) is 6.07 Å². The van der Waals surface area contributed by atoms with Gasteiger partial charge in [-0.2, -0.15) is 0 Å². The monoisotopic (exact) mass is 259 g/mol. The summed E-state index contributed by atoms with van der Waals surface area (Å²) in [6.07, 6.45) is 4.29. The number of rotatable bonds is 5. The molecule has 0 unspecified atom stereocenters. The number of nitrogens with one attached hydrogen (secondary N) is 1. The highest BCUT2D eigenvalue weighted by atomic mass is 16.6. The molecule has 0 saturated carbocycles. The average molecular weight is 259 g/mol. The Balaban J connectivity index is 1.93. The van der Waals surface area contributed by atoms with Crippen LogP contribution in [-0.2, 0) is 6.42 Å². The fourth-order valence-electron chi connectivity index (χ4n) is 1.60. The van der Waals surface area contributed by atoms with Gasteiger partial charge >= 0.3 is 5.69 Å². The van der Waals surface area contributed by atoms with Crippen molar-refractivity contribution in [1.29, 1.82) is 0 Å². The van der Waals surface area contributed by atoms with Crippen LogP contribution in [0.4, 0.5) is 17.3 Å². The minimum absolute atomic E-state index is 0.0867. The van der Waals surface area contributed by atoms with Crippen molar-refractivity contribution in [2.24, 2.45) is 0 Å². The lowest BCUT2D eigenvalue weighted by atomic mass is 10.2. The molecule has 0 bridgehead atoms. The van der Waals surface area contributed by atoms with E-state index in [9.17, 15) is 10.1 Å². The van der Waals surface area contributed by atoms with E-state index in [0.717, 1.165) is 12.0 Å². The van der Waals surface area contributed by atoms with Crippen LogP contribution in [0.3, 0.4) is 0 Å². The second-order valence-electron chi connectivity index (χ2n) is 3.90. The fraction of sp³-hybridized carbons (Fsp3) is 0.167. The molecule has 0 atom stereocenters. The molecule has 0 radical (unpaired) electrons. The van der Waals surface area contributed by atoms with Crippen LogP contribution in [0.15, 0.2) is 36.7 Å². The van der Waals surface area contributed by atoms with Gasteiger partial charge in [0.2, 0.25) is 5.82 Å². The fourth-order valence-corrected chi connectivity index (χ4v) is 1.60. The zero-order valence-electron chi connectivity index (χ0n) is 10.1. The number of anilines is 2. The van der Waals surface area contributed by atoms with E-state index >= 15 is 0 Å². The van der Waals surface area contributed by atoms with Crippen LogP contribution in [0, 0.1) is 10.1 Å². The molecule has 2 aromatic heterocycles. The SMILES string of the molecule is Nc1nc(NCCc2cccnc2)ccc1[N+](=O)[O-]. The lowest BCUT2D eigenvalue weighted by molar-refractivity contribution is -0.384. The van der Waals surface area contributed by atoms with Crippen molar-refractivity contribution in [2.45, 2.75) is 6.42 Å². The van der Waals surface area contributed by atoms with Gasteiger partial charge in [-0.05, 0) is 24.1 Å². The Labute approximate surface area is 109 Å². The van der Waals surface area contributed by atoms with Gasteiger partial charge in [0, 0.05) is 25.0 Å². The Hall–Kier alpha value is -2.70. The molecule has 0 aromatic carbocycles. The summed E-state index contributed by atoms with van der Waals surface area (Å²) in [5.74, 6) is 0.434. The van der Waals surface area contributed by atoms with Crippen molar-refractivity contribution in [2.75, 3.05) is 17.6 Å². The predicted octanol–water partition coefficient (Wildman–Crippen LogP) is 1.62. The van der Waals surface area contributed by atoms with E-state index in [-0.39, 0.29) is 11.5 Å². The Kier molecular flexibility index (Phi) is 3.87. The smallest absolute Gasteiger partial charge is 0.311 e. The van der Waals surface area contributed by atoms with E-state index in [4.69, 9.17) is 5.73 Å². The maximum atomic E-state index is 10.6. The molecule has 0 saturated heterocycles. The summed E-state index contributed by atoms with van der Waals surface area (Å²) in [4.78, 5) is 18.0. The first kappa shape index (κ1) is 12.7. The Morgan fingerprint density at radius 1 is 1.37 bits per heavy atom. The van der Waals surface area contributed by atoms with Gasteiger partial charge in [0.05, 0.1) is 4.92 Å². The maximum absolute atomic E-state index is 10.6. The average Bonchev–Trinajstić information content (AvgIpc) is 2.39. The quantitative estimate of drug-likeness (QED) is 0.624. The van der Waals surface area contributed by atoms with Crippen molar-refractivity contribution in [3.63, 3.8) is 0 Å². The Bertz CT molecular complexity index is 574. The topological polar surface area (TPSA) is 107 Å². The molecule has 2 rings (SSSR count). The molecule has 98 valence electrons. The van der Waals surface area contributed by atoms with Gasteiger partial charge < -0.3 is 11.1 Å². The third-order valence-electron chi connectivity index (χ3n) is 2.54. The van der Waals surface area contributed by atoms with Gasteiger partial charge in [-0.25, -0.2) is 4.98 Å². The van der Waals surface area contributed by atoms with Gasteiger partial charge in [0.15, 0.2) is 0 Å². The number of hydrogen-bond donors (Lipinski definition) is 2. The summed E-state index contributed by atoms with van der Waals surface area (Å²) in [5, 5.41) is 13.6. The van der Waals surface area contributed by atoms with E-state index in [1.807, 2.05) is 12.1 Å². The third kappa shape index (κ3) is 3.38. The molecule has 0 aliphatic heterocycles. The maximum Gasteiger partial charge on any atom is 0.311 e. The second-order valence-corrected chi connectivity index (χ2v) is 3.90. The standard InChI is InChI=1S/C12H13N5O2/c13-12-10(17(18)19)3-4-11(16-12)15-7-5-9-2-1-6-14-8-9/h1-4,6,8H,5,7H2,(H3,13,15,16). The van der Waals surface area contributed by atoms with Crippen LogP contribution in [0.25, 0.3) is 0 Å². The van der Waals surface area contributed by atoms with Crippen LogP contribution in [0.5, 0.6) is 0 Å². The normalized spacial score (nSPS) is 10.1.